The summed E-state index contributed by atoms with van der Waals surface area (Å²) in [6, 6.07) is 70.3. The molecule has 0 spiro atoms. The van der Waals surface area contributed by atoms with E-state index in [-0.39, 0.29) is 0 Å². The standard InChI is InChI=1S/C54H38N2O/c55-54(41-19-5-2-6-20-41)56-48(34-32-36-15-7-10-22-43(36)50-35-42-21-9-14-26-49(42)57-50)38-27-29-40(30-28-38)52-46-25-13-12-24-45(46)51(39-17-3-1-4-18-39)47-33-31-37-16-8-11-23-44(37)53(47)52/h1-31,33-35H,32H2,(H2,55,56)/b48-34-. The largest absolute Gasteiger partial charge is 0.456 e. The maximum absolute atomic E-state index is 6.72. The van der Waals surface area contributed by atoms with Crippen molar-refractivity contribution in [1.29, 1.82) is 0 Å². The first-order valence-corrected chi connectivity index (χ1v) is 19.4. The summed E-state index contributed by atoms with van der Waals surface area (Å²) in [5, 5.41) is 8.48. The molecule has 0 amide bonds. The number of hydrogen-bond acceptors (Lipinski definition) is 2. The molecule has 10 aromatic rings. The average Bonchev–Trinajstić information content (AvgIpc) is 3.72. The number of allylic oxidation sites excluding steroid dienone is 1. The van der Waals surface area contributed by atoms with Crippen LogP contribution >= 0.6 is 0 Å². The summed E-state index contributed by atoms with van der Waals surface area (Å²) in [5.41, 5.74) is 17.3. The van der Waals surface area contributed by atoms with Crippen molar-refractivity contribution in [1.82, 2.24) is 0 Å². The molecule has 10 rings (SSSR count). The Morgan fingerprint density at radius 3 is 1.88 bits per heavy atom. The van der Waals surface area contributed by atoms with Gasteiger partial charge < -0.3 is 10.2 Å². The lowest BCUT2D eigenvalue weighted by atomic mass is 9.84. The molecule has 0 aliphatic heterocycles. The van der Waals surface area contributed by atoms with Gasteiger partial charge in [-0.25, -0.2) is 4.99 Å². The normalized spacial score (nSPS) is 12.2. The van der Waals surface area contributed by atoms with Gasteiger partial charge in [-0.05, 0) is 84.3 Å². The molecule has 0 saturated carbocycles. The van der Waals surface area contributed by atoms with E-state index in [4.69, 9.17) is 15.1 Å². The van der Waals surface area contributed by atoms with E-state index in [9.17, 15) is 0 Å². The molecule has 0 saturated heterocycles. The predicted octanol–water partition coefficient (Wildman–Crippen LogP) is 13.9. The van der Waals surface area contributed by atoms with Crippen LogP contribution < -0.4 is 5.73 Å². The number of aliphatic imine (C=N–C) groups is 1. The molecule has 0 atom stereocenters. The Hall–Kier alpha value is -7.49. The summed E-state index contributed by atoms with van der Waals surface area (Å²) in [6.45, 7) is 0. The van der Waals surface area contributed by atoms with Crippen molar-refractivity contribution >= 4 is 54.8 Å². The van der Waals surface area contributed by atoms with Crippen molar-refractivity contribution in [3.8, 4) is 33.6 Å². The maximum atomic E-state index is 6.72. The highest BCUT2D eigenvalue weighted by Gasteiger charge is 2.19. The summed E-state index contributed by atoms with van der Waals surface area (Å²) in [7, 11) is 0. The van der Waals surface area contributed by atoms with Gasteiger partial charge in [0.15, 0.2) is 0 Å². The van der Waals surface area contributed by atoms with Crippen LogP contribution in [-0.2, 0) is 6.42 Å². The van der Waals surface area contributed by atoms with Crippen LogP contribution in [0.1, 0.15) is 16.7 Å². The van der Waals surface area contributed by atoms with Gasteiger partial charge in [-0.15, -0.1) is 0 Å². The fourth-order valence-corrected chi connectivity index (χ4v) is 8.26. The fraction of sp³-hybridized carbons (Fsp3) is 0.0185. The SMILES string of the molecule is NC(=N/C(=C\Cc1ccccc1-c1cc2ccccc2o1)c1ccc(-c2c3ccccc3c(-c3ccccc3)c3ccc4ccccc4c23)cc1)c1ccccc1. The van der Waals surface area contributed by atoms with Crippen LogP contribution in [0, 0.1) is 0 Å². The van der Waals surface area contributed by atoms with E-state index >= 15 is 0 Å². The quantitative estimate of drug-likeness (QED) is 0.0732. The van der Waals surface area contributed by atoms with Crippen molar-refractivity contribution in [2.45, 2.75) is 6.42 Å². The van der Waals surface area contributed by atoms with E-state index in [0.717, 1.165) is 50.2 Å². The summed E-state index contributed by atoms with van der Waals surface area (Å²) in [4.78, 5) is 5.09. The van der Waals surface area contributed by atoms with Crippen molar-refractivity contribution in [2.24, 2.45) is 10.7 Å². The van der Waals surface area contributed by atoms with E-state index in [1.54, 1.807) is 0 Å². The monoisotopic (exact) mass is 730 g/mol. The lowest BCUT2D eigenvalue weighted by Crippen LogP contribution is -2.13. The van der Waals surface area contributed by atoms with Crippen LogP contribution in [0.25, 0.3) is 82.6 Å². The minimum atomic E-state index is 0.469. The van der Waals surface area contributed by atoms with Gasteiger partial charge in [0.2, 0.25) is 0 Å². The number of benzene rings is 9. The third kappa shape index (κ3) is 6.35. The molecule has 3 heteroatoms. The van der Waals surface area contributed by atoms with Crippen LogP contribution in [0.3, 0.4) is 0 Å². The first-order valence-electron chi connectivity index (χ1n) is 19.4. The molecule has 0 fully saturated rings. The Kier molecular flexibility index (Phi) is 8.74. The molecular weight excluding hydrogens is 693 g/mol. The highest BCUT2D eigenvalue weighted by atomic mass is 16.3. The van der Waals surface area contributed by atoms with Gasteiger partial charge in [-0.1, -0.05) is 194 Å². The fourth-order valence-electron chi connectivity index (χ4n) is 8.26. The zero-order chi connectivity index (χ0) is 38.1. The van der Waals surface area contributed by atoms with Gasteiger partial charge in [0.1, 0.15) is 17.2 Å². The van der Waals surface area contributed by atoms with E-state index in [2.05, 4.69) is 158 Å². The highest BCUT2D eigenvalue weighted by Crippen LogP contribution is 2.46. The number of amidine groups is 1. The minimum absolute atomic E-state index is 0.469. The Labute approximate surface area is 331 Å². The average molecular weight is 731 g/mol. The number of furan rings is 1. The van der Waals surface area contributed by atoms with Crippen LogP contribution in [0.15, 0.2) is 216 Å². The topological polar surface area (TPSA) is 51.5 Å². The number of fused-ring (bicyclic) bond motifs is 5. The van der Waals surface area contributed by atoms with E-state index in [0.29, 0.717) is 12.3 Å². The predicted molar refractivity (Wildman–Crippen MR) is 240 cm³/mol. The number of nitrogens with zero attached hydrogens (tertiary/aromatic N) is 1. The van der Waals surface area contributed by atoms with Crippen LogP contribution in [0.4, 0.5) is 0 Å². The summed E-state index contributed by atoms with van der Waals surface area (Å²) in [6.07, 6.45) is 2.82. The van der Waals surface area contributed by atoms with Crippen molar-refractivity contribution in [3.63, 3.8) is 0 Å². The number of hydrogen-bond donors (Lipinski definition) is 1. The van der Waals surface area contributed by atoms with Gasteiger partial charge in [0.25, 0.3) is 0 Å². The van der Waals surface area contributed by atoms with Crippen LogP contribution in [0.2, 0.25) is 0 Å². The molecule has 1 heterocycles. The summed E-state index contributed by atoms with van der Waals surface area (Å²) in [5.74, 6) is 1.32. The Morgan fingerprint density at radius 2 is 1.11 bits per heavy atom. The van der Waals surface area contributed by atoms with Crippen molar-refractivity contribution < 1.29 is 4.42 Å². The molecule has 3 nitrogen and oxygen atoms in total. The number of nitrogens with two attached hydrogens (primary N) is 1. The van der Waals surface area contributed by atoms with E-state index < -0.39 is 0 Å². The molecular formula is C54H38N2O. The lowest BCUT2D eigenvalue weighted by molar-refractivity contribution is 0.631. The lowest BCUT2D eigenvalue weighted by Gasteiger charge is -2.19. The van der Waals surface area contributed by atoms with E-state index in [1.165, 1.54) is 49.0 Å². The van der Waals surface area contributed by atoms with Crippen molar-refractivity contribution in [2.75, 3.05) is 0 Å². The number of para-hydroxylation sites is 1. The molecule has 57 heavy (non-hydrogen) atoms. The van der Waals surface area contributed by atoms with Gasteiger partial charge >= 0.3 is 0 Å². The first kappa shape index (κ1) is 34.0. The Bertz CT molecular complexity index is 3100. The second kappa shape index (κ2) is 14.6. The summed E-state index contributed by atoms with van der Waals surface area (Å²) < 4.78 is 6.32. The molecule has 2 N–H and O–H groups in total. The molecule has 270 valence electrons. The number of rotatable bonds is 8. The zero-order valence-corrected chi connectivity index (χ0v) is 31.3. The zero-order valence-electron chi connectivity index (χ0n) is 31.3. The second-order valence-electron chi connectivity index (χ2n) is 14.4. The first-order chi connectivity index (χ1) is 28.2. The maximum Gasteiger partial charge on any atom is 0.135 e. The molecule has 0 aliphatic carbocycles. The van der Waals surface area contributed by atoms with Crippen LogP contribution in [0.5, 0.6) is 0 Å². The highest BCUT2D eigenvalue weighted by molar-refractivity contribution is 6.27. The Balaban J connectivity index is 1.12. The smallest absolute Gasteiger partial charge is 0.135 e. The summed E-state index contributed by atoms with van der Waals surface area (Å²) >= 11 is 0. The third-order valence-corrected chi connectivity index (χ3v) is 11.0. The van der Waals surface area contributed by atoms with Gasteiger partial charge in [0, 0.05) is 16.5 Å². The van der Waals surface area contributed by atoms with Crippen molar-refractivity contribution in [3.05, 3.63) is 223 Å². The molecule has 9 aromatic carbocycles. The minimum Gasteiger partial charge on any atom is -0.456 e. The van der Waals surface area contributed by atoms with Gasteiger partial charge in [-0.3, -0.25) is 0 Å². The van der Waals surface area contributed by atoms with Gasteiger partial charge in [0.05, 0.1) is 5.70 Å². The Morgan fingerprint density at radius 1 is 0.491 bits per heavy atom. The third-order valence-electron chi connectivity index (χ3n) is 11.0. The van der Waals surface area contributed by atoms with E-state index in [1.807, 2.05) is 48.5 Å². The van der Waals surface area contributed by atoms with Crippen LogP contribution in [-0.4, -0.2) is 5.84 Å². The molecule has 0 bridgehead atoms. The molecule has 1 aromatic heterocycles. The molecule has 0 unspecified atom stereocenters. The molecule has 0 aliphatic rings. The van der Waals surface area contributed by atoms with Gasteiger partial charge in [-0.2, -0.15) is 0 Å². The second-order valence-corrected chi connectivity index (χ2v) is 14.4. The molecule has 0 radical (unpaired) electrons.